The van der Waals surface area contributed by atoms with E-state index in [0.717, 1.165) is 0 Å². The lowest BCUT2D eigenvalue weighted by atomic mass is 10.2. The molecule has 6 heteroatoms. The Balaban J connectivity index is 1.64. The van der Waals surface area contributed by atoms with E-state index in [1.807, 2.05) is 6.07 Å². The number of hydrogen-bond donors (Lipinski definition) is 0. The van der Waals surface area contributed by atoms with Gasteiger partial charge in [-0.05, 0) is 12.1 Å². The van der Waals surface area contributed by atoms with Gasteiger partial charge in [-0.25, -0.2) is 9.59 Å². The third-order valence-electron chi connectivity index (χ3n) is 2.92. The van der Waals surface area contributed by atoms with Crippen molar-refractivity contribution in [1.82, 2.24) is 0 Å². The van der Waals surface area contributed by atoms with Gasteiger partial charge in [0.2, 0.25) is 12.2 Å². The number of fused-ring (bicyclic) bond motifs is 1. The Kier molecular flexibility index (Phi) is 2.98. The van der Waals surface area contributed by atoms with Crippen LogP contribution >= 0.6 is 0 Å². The van der Waals surface area contributed by atoms with Crippen molar-refractivity contribution >= 4 is 11.9 Å². The van der Waals surface area contributed by atoms with Gasteiger partial charge in [-0.3, -0.25) is 0 Å². The van der Waals surface area contributed by atoms with Crippen LogP contribution in [0.5, 0.6) is 11.5 Å². The number of benzene rings is 1. The number of rotatable bonds is 2. The van der Waals surface area contributed by atoms with Crippen LogP contribution in [-0.4, -0.2) is 37.4 Å². The minimum atomic E-state index is -0.858. The molecule has 0 aromatic heterocycles. The van der Waals surface area contributed by atoms with Crippen molar-refractivity contribution in [2.75, 3.05) is 13.2 Å². The number of hydrogen-bond acceptors (Lipinski definition) is 6. The molecule has 2 aliphatic heterocycles. The van der Waals surface area contributed by atoms with Gasteiger partial charge in [0.15, 0.2) is 11.5 Å². The van der Waals surface area contributed by atoms with E-state index in [0.29, 0.717) is 17.9 Å². The molecular weight excluding hydrogens is 252 g/mol. The molecule has 19 heavy (non-hydrogen) atoms. The molecule has 100 valence electrons. The van der Waals surface area contributed by atoms with Crippen LogP contribution in [0.4, 0.5) is 0 Å². The van der Waals surface area contributed by atoms with E-state index in [4.69, 9.17) is 18.9 Å². The zero-order valence-corrected chi connectivity index (χ0v) is 10.0. The summed E-state index contributed by atoms with van der Waals surface area (Å²) < 4.78 is 20.7. The van der Waals surface area contributed by atoms with Crippen molar-refractivity contribution in [3.63, 3.8) is 0 Å². The number of carbonyl (C=O) groups excluding carboxylic acids is 2. The normalized spacial score (nSPS) is 24.7. The van der Waals surface area contributed by atoms with Crippen LogP contribution in [0.1, 0.15) is 6.42 Å². The number of cyclic esters (lactones) is 1. The fraction of sp³-hybridized carbons (Fsp3) is 0.385. The Bertz CT molecular complexity index is 512. The predicted molar refractivity (Wildman–Crippen MR) is 61.8 cm³/mol. The first kappa shape index (κ1) is 11.8. The molecule has 1 fully saturated rings. The van der Waals surface area contributed by atoms with E-state index >= 15 is 0 Å². The first-order chi connectivity index (χ1) is 9.24. The second kappa shape index (κ2) is 4.79. The number of carbonyl (C=O) groups is 2. The Labute approximate surface area is 109 Å². The molecule has 0 bridgehead atoms. The zero-order chi connectivity index (χ0) is 13.2. The molecule has 0 amide bonds. The molecular formula is C13H12O6. The summed E-state index contributed by atoms with van der Waals surface area (Å²) >= 11 is 0. The largest absolute Gasteiger partial charge is 0.485 e. The lowest BCUT2D eigenvalue weighted by molar-refractivity contribution is -0.167. The van der Waals surface area contributed by atoms with Gasteiger partial charge in [0.25, 0.3) is 0 Å². The van der Waals surface area contributed by atoms with Crippen LogP contribution in [-0.2, 0) is 19.1 Å². The lowest BCUT2D eigenvalue weighted by Crippen LogP contribution is -2.40. The van der Waals surface area contributed by atoms with E-state index in [9.17, 15) is 9.59 Å². The summed E-state index contributed by atoms with van der Waals surface area (Å²) in [7, 11) is 0. The second-order valence-corrected chi connectivity index (χ2v) is 4.25. The molecule has 0 N–H and O–H groups in total. The van der Waals surface area contributed by atoms with E-state index < -0.39 is 24.1 Å². The molecule has 1 saturated heterocycles. The molecule has 2 atom stereocenters. The molecule has 0 spiro atoms. The molecule has 2 aliphatic rings. The summed E-state index contributed by atoms with van der Waals surface area (Å²) in [5.74, 6) is -0.0413. The van der Waals surface area contributed by atoms with E-state index in [1.54, 1.807) is 18.2 Å². The summed E-state index contributed by atoms with van der Waals surface area (Å²) in [4.78, 5) is 23.1. The molecule has 6 nitrogen and oxygen atoms in total. The van der Waals surface area contributed by atoms with Crippen LogP contribution in [0, 0.1) is 0 Å². The van der Waals surface area contributed by atoms with Crippen molar-refractivity contribution in [2.24, 2.45) is 0 Å². The molecule has 0 saturated carbocycles. The van der Waals surface area contributed by atoms with Crippen molar-refractivity contribution < 1.29 is 28.5 Å². The number of esters is 2. The van der Waals surface area contributed by atoms with Gasteiger partial charge >= 0.3 is 11.9 Å². The molecule has 0 radical (unpaired) electrons. The Morgan fingerprint density at radius 3 is 2.74 bits per heavy atom. The third kappa shape index (κ3) is 2.33. The maximum absolute atomic E-state index is 11.9. The van der Waals surface area contributed by atoms with Gasteiger partial charge < -0.3 is 18.9 Å². The fourth-order valence-corrected chi connectivity index (χ4v) is 1.94. The summed E-state index contributed by atoms with van der Waals surface area (Å²) in [6.45, 7) is 0.346. The number of para-hydroxylation sites is 2. The van der Waals surface area contributed by atoms with Crippen LogP contribution in [0.25, 0.3) is 0 Å². The second-order valence-electron chi connectivity index (χ2n) is 4.25. The van der Waals surface area contributed by atoms with Crippen LogP contribution < -0.4 is 9.47 Å². The van der Waals surface area contributed by atoms with Crippen LogP contribution in [0.3, 0.4) is 0 Å². The van der Waals surface area contributed by atoms with Crippen molar-refractivity contribution in [1.29, 1.82) is 0 Å². The average molecular weight is 264 g/mol. The van der Waals surface area contributed by atoms with Crippen molar-refractivity contribution in [2.45, 2.75) is 18.6 Å². The van der Waals surface area contributed by atoms with Gasteiger partial charge in [-0.2, -0.15) is 0 Å². The minimum Gasteiger partial charge on any atom is -0.485 e. The van der Waals surface area contributed by atoms with Crippen molar-refractivity contribution in [3.05, 3.63) is 24.3 Å². The van der Waals surface area contributed by atoms with Crippen LogP contribution in [0.2, 0.25) is 0 Å². The standard InChI is InChI=1S/C13H12O6/c14-12-10(5-6-16-12)19-13(15)11-7-17-8-3-1-2-4-9(8)18-11/h1-4,10-11H,5-7H2. The minimum absolute atomic E-state index is 0.0671. The topological polar surface area (TPSA) is 71.1 Å². The summed E-state index contributed by atoms with van der Waals surface area (Å²) in [5, 5.41) is 0. The molecule has 0 aliphatic carbocycles. The highest BCUT2D eigenvalue weighted by Gasteiger charge is 2.35. The van der Waals surface area contributed by atoms with Gasteiger partial charge in [-0.15, -0.1) is 0 Å². The van der Waals surface area contributed by atoms with Gasteiger partial charge in [0.1, 0.15) is 6.61 Å². The van der Waals surface area contributed by atoms with E-state index in [2.05, 4.69) is 0 Å². The highest BCUT2D eigenvalue weighted by molar-refractivity contribution is 5.82. The Hall–Kier alpha value is -2.24. The molecule has 2 heterocycles. The van der Waals surface area contributed by atoms with Gasteiger partial charge in [0, 0.05) is 6.42 Å². The average Bonchev–Trinajstić information content (AvgIpc) is 2.84. The highest BCUT2D eigenvalue weighted by Crippen LogP contribution is 2.31. The van der Waals surface area contributed by atoms with Crippen molar-refractivity contribution in [3.8, 4) is 11.5 Å². The quantitative estimate of drug-likeness (QED) is 0.732. The molecule has 1 aromatic carbocycles. The first-order valence-corrected chi connectivity index (χ1v) is 5.99. The van der Waals surface area contributed by atoms with E-state index in [1.165, 1.54) is 0 Å². The van der Waals surface area contributed by atoms with Crippen LogP contribution in [0.15, 0.2) is 24.3 Å². The lowest BCUT2D eigenvalue weighted by Gasteiger charge is -2.25. The summed E-state index contributed by atoms with van der Waals surface area (Å²) in [6.07, 6.45) is -1.30. The Morgan fingerprint density at radius 1 is 1.21 bits per heavy atom. The fourth-order valence-electron chi connectivity index (χ4n) is 1.94. The molecule has 2 unspecified atom stereocenters. The number of ether oxygens (including phenoxy) is 4. The first-order valence-electron chi connectivity index (χ1n) is 5.99. The predicted octanol–water partition coefficient (Wildman–Crippen LogP) is 0.685. The Morgan fingerprint density at radius 2 is 2.00 bits per heavy atom. The highest BCUT2D eigenvalue weighted by atomic mass is 16.6. The molecule has 1 aromatic rings. The summed E-state index contributed by atoms with van der Waals surface area (Å²) in [5.41, 5.74) is 0. The monoisotopic (exact) mass is 264 g/mol. The SMILES string of the molecule is O=C1OCCC1OC(=O)C1COc2ccccc2O1. The maximum Gasteiger partial charge on any atom is 0.351 e. The van der Waals surface area contributed by atoms with Gasteiger partial charge in [-0.1, -0.05) is 12.1 Å². The third-order valence-corrected chi connectivity index (χ3v) is 2.92. The summed E-state index contributed by atoms with van der Waals surface area (Å²) in [6, 6.07) is 7.06. The maximum atomic E-state index is 11.9. The zero-order valence-electron chi connectivity index (χ0n) is 10.0. The molecule has 3 rings (SSSR count). The van der Waals surface area contributed by atoms with E-state index in [-0.39, 0.29) is 13.2 Å². The smallest absolute Gasteiger partial charge is 0.351 e. The van der Waals surface area contributed by atoms with Gasteiger partial charge in [0.05, 0.1) is 6.61 Å².